The number of rotatable bonds is 23. The van der Waals surface area contributed by atoms with Crippen molar-refractivity contribution in [2.24, 2.45) is 0 Å². The van der Waals surface area contributed by atoms with Crippen LogP contribution in [0.3, 0.4) is 0 Å². The Morgan fingerprint density at radius 3 is 1.19 bits per heavy atom. The number of nitrogens with one attached hydrogen (secondary N) is 1. The van der Waals surface area contributed by atoms with Crippen LogP contribution in [0.2, 0.25) is 0 Å². The van der Waals surface area contributed by atoms with Gasteiger partial charge in [0.15, 0.2) is 0 Å². The third-order valence-electron chi connectivity index (χ3n) is 7.02. The predicted molar refractivity (Wildman–Crippen MR) is 211 cm³/mol. The molecule has 0 fully saturated rings. The zero-order chi connectivity index (χ0) is 39.7. The van der Waals surface area contributed by atoms with E-state index in [0.29, 0.717) is 25.9 Å². The number of esters is 4. The lowest BCUT2D eigenvalue weighted by molar-refractivity contribution is -0.146. The molecule has 294 valence electrons. The van der Waals surface area contributed by atoms with E-state index in [9.17, 15) is 19.2 Å². The number of carbonyl (C=O) groups is 4. The van der Waals surface area contributed by atoms with Crippen molar-refractivity contribution in [3.63, 3.8) is 0 Å². The van der Waals surface area contributed by atoms with E-state index >= 15 is 0 Å². The van der Waals surface area contributed by atoms with Crippen LogP contribution in [0.15, 0.2) is 116 Å². The van der Waals surface area contributed by atoms with Crippen LogP contribution in [0.5, 0.6) is 0 Å². The Morgan fingerprint density at radius 1 is 0.537 bits per heavy atom. The van der Waals surface area contributed by atoms with Crippen LogP contribution in [0, 0.1) is 0 Å². The van der Waals surface area contributed by atoms with Gasteiger partial charge in [0.25, 0.3) is 0 Å². The molecule has 0 bridgehead atoms. The summed E-state index contributed by atoms with van der Waals surface area (Å²) in [7, 11) is 5.79. The average molecular weight is 750 g/mol. The molecule has 0 spiro atoms. The molecule has 13 heteroatoms. The maximum Gasteiger partial charge on any atom is 0.330 e. The molecule has 3 aromatic rings. The topological polar surface area (TPSA) is 142 Å². The van der Waals surface area contributed by atoms with Crippen LogP contribution in [0.4, 0.5) is 17.1 Å². The number of ether oxygens (including phenoxy) is 6. The van der Waals surface area contributed by atoms with Gasteiger partial charge in [-0.1, -0.05) is 67.8 Å². The van der Waals surface area contributed by atoms with E-state index in [-0.39, 0.29) is 64.8 Å². The fourth-order valence-electron chi connectivity index (χ4n) is 4.04. The van der Waals surface area contributed by atoms with Gasteiger partial charge >= 0.3 is 23.9 Å². The van der Waals surface area contributed by atoms with Crippen molar-refractivity contribution in [3.8, 4) is 0 Å². The summed E-state index contributed by atoms with van der Waals surface area (Å²) < 4.78 is 29.9. The van der Waals surface area contributed by atoms with Gasteiger partial charge in [0.1, 0.15) is 26.4 Å². The third-order valence-corrected chi connectivity index (χ3v) is 7.02. The first-order valence-electron chi connectivity index (χ1n) is 17.5. The summed E-state index contributed by atoms with van der Waals surface area (Å²) in [5.41, 5.74) is 3.27. The zero-order valence-electron chi connectivity index (χ0n) is 31.7. The van der Waals surface area contributed by atoms with E-state index in [1.54, 1.807) is 0 Å². The molecule has 0 amide bonds. The monoisotopic (exact) mass is 749 g/mol. The first-order valence-corrected chi connectivity index (χ1v) is 17.5. The number of nitrogens with zero attached hydrogens (tertiary/aromatic N) is 2. The summed E-state index contributed by atoms with van der Waals surface area (Å²) in [6.45, 7) is 9.37. The van der Waals surface area contributed by atoms with Crippen LogP contribution in [-0.4, -0.2) is 111 Å². The Hall–Kier alpha value is -5.66. The van der Waals surface area contributed by atoms with E-state index in [4.69, 9.17) is 18.9 Å². The maximum absolute atomic E-state index is 11.8. The van der Waals surface area contributed by atoms with Gasteiger partial charge in [-0.15, -0.1) is 0 Å². The van der Waals surface area contributed by atoms with Crippen molar-refractivity contribution in [1.82, 2.24) is 0 Å². The van der Waals surface area contributed by atoms with Gasteiger partial charge in [0, 0.05) is 63.4 Å². The van der Waals surface area contributed by atoms with Gasteiger partial charge in [-0.25, -0.2) is 9.59 Å². The van der Waals surface area contributed by atoms with E-state index in [0.717, 1.165) is 29.2 Å². The second-order valence-electron chi connectivity index (χ2n) is 11.0. The number of benzene rings is 3. The molecule has 54 heavy (non-hydrogen) atoms. The van der Waals surface area contributed by atoms with Crippen molar-refractivity contribution >= 4 is 40.9 Å². The molecule has 1 N–H and O–H groups in total. The van der Waals surface area contributed by atoms with Crippen molar-refractivity contribution in [1.29, 1.82) is 0 Å². The van der Waals surface area contributed by atoms with Crippen LogP contribution < -0.4 is 15.1 Å². The Morgan fingerprint density at radius 2 is 0.870 bits per heavy atom. The highest BCUT2D eigenvalue weighted by molar-refractivity contribution is 5.81. The molecule has 13 nitrogen and oxygen atoms in total. The van der Waals surface area contributed by atoms with Crippen molar-refractivity contribution in [2.45, 2.75) is 12.8 Å². The minimum atomic E-state index is -0.489. The summed E-state index contributed by atoms with van der Waals surface area (Å²) in [6, 6.07) is 29.8. The fourth-order valence-corrected chi connectivity index (χ4v) is 4.04. The summed E-state index contributed by atoms with van der Waals surface area (Å²) in [6.07, 6.45) is 2.76. The van der Waals surface area contributed by atoms with Crippen LogP contribution >= 0.6 is 0 Å². The largest absolute Gasteiger partial charge is 0.463 e. The van der Waals surface area contributed by atoms with E-state index in [2.05, 4.69) is 27.9 Å². The van der Waals surface area contributed by atoms with E-state index < -0.39 is 11.9 Å². The average Bonchev–Trinajstić information content (AvgIpc) is 3.22. The molecule has 0 aliphatic carbocycles. The number of anilines is 3. The predicted octanol–water partition coefficient (Wildman–Crippen LogP) is 5.33. The highest BCUT2D eigenvalue weighted by atomic mass is 16.6. The Balaban J connectivity index is 0.000000520. The molecular formula is C41H55N3O10. The van der Waals surface area contributed by atoms with Crippen molar-refractivity contribution < 1.29 is 47.6 Å². The number of hydrogen-bond donors (Lipinski definition) is 1. The Bertz CT molecular complexity index is 1370. The zero-order valence-corrected chi connectivity index (χ0v) is 31.7. The standard InChI is InChI=1S/C24H32N2O5.C10H14O5.C7H9N/c1-25(21-9-5-3-6-10-21)15-13-23(27)30-19-17-29-18-20-31-24(28)14-16-26(2)22-11-7-4-8-12-22;1-3-9(11)14-7-5-13-6-8-15-10(12)4-2;1-8-7-5-3-2-4-6-7/h3-12H,13-20H2,1-2H3;3-4H,1-2,5-8H2;2-6,8H,1H3. The number of para-hydroxylation sites is 3. The summed E-state index contributed by atoms with van der Waals surface area (Å²) in [5.74, 6) is -1.51. The quantitative estimate of drug-likeness (QED) is 0.0578. The van der Waals surface area contributed by atoms with Crippen molar-refractivity contribution in [2.75, 3.05) is 102 Å². The lowest BCUT2D eigenvalue weighted by atomic mass is 10.3. The Labute approximate surface area is 319 Å². The molecule has 0 saturated carbocycles. The Kier molecular flexibility index (Phi) is 26.5. The second kappa shape index (κ2) is 30.9. The van der Waals surface area contributed by atoms with Crippen LogP contribution in [0.25, 0.3) is 0 Å². The van der Waals surface area contributed by atoms with Crippen molar-refractivity contribution in [3.05, 3.63) is 116 Å². The van der Waals surface area contributed by atoms with Gasteiger partial charge in [0.05, 0.1) is 39.3 Å². The summed E-state index contributed by atoms with van der Waals surface area (Å²) in [5, 5.41) is 3.03. The molecule has 0 saturated heterocycles. The molecule has 3 rings (SSSR count). The molecule has 0 radical (unpaired) electrons. The van der Waals surface area contributed by atoms with Gasteiger partial charge in [-0.2, -0.15) is 0 Å². The molecule has 3 aromatic carbocycles. The molecule has 0 atom stereocenters. The van der Waals surface area contributed by atoms with Gasteiger partial charge in [-0.05, 0) is 36.4 Å². The van der Waals surface area contributed by atoms with Gasteiger partial charge < -0.3 is 43.5 Å². The number of carbonyl (C=O) groups excluding carboxylic acids is 4. The molecule has 0 unspecified atom stereocenters. The van der Waals surface area contributed by atoms with Gasteiger partial charge in [-0.3, -0.25) is 9.59 Å². The fraction of sp³-hybridized carbons (Fsp3) is 0.366. The third kappa shape index (κ3) is 24.5. The van der Waals surface area contributed by atoms with Crippen LogP contribution in [0.1, 0.15) is 12.8 Å². The highest BCUT2D eigenvalue weighted by Crippen LogP contribution is 2.12. The summed E-state index contributed by atoms with van der Waals surface area (Å²) in [4.78, 5) is 48.7. The first kappa shape index (κ1) is 46.4. The number of hydrogen-bond acceptors (Lipinski definition) is 13. The normalized spacial score (nSPS) is 9.76. The van der Waals surface area contributed by atoms with E-state index in [1.165, 1.54) is 0 Å². The minimum absolute atomic E-state index is 0.153. The minimum Gasteiger partial charge on any atom is -0.463 e. The van der Waals surface area contributed by atoms with E-state index in [1.807, 2.05) is 122 Å². The van der Waals surface area contributed by atoms with Crippen LogP contribution in [-0.2, 0) is 47.6 Å². The van der Waals surface area contributed by atoms with Gasteiger partial charge in [0.2, 0.25) is 0 Å². The molecule has 0 aliphatic heterocycles. The summed E-state index contributed by atoms with van der Waals surface area (Å²) >= 11 is 0. The molecule has 0 heterocycles. The lowest BCUT2D eigenvalue weighted by Gasteiger charge is -2.18. The lowest BCUT2D eigenvalue weighted by Crippen LogP contribution is -2.23. The SMILES string of the molecule is C=CC(=O)OCCOCCOC(=O)C=C.CN(CCC(=O)OCCOCCOC(=O)CCN(C)c1ccccc1)c1ccccc1.CNc1ccccc1. The first-order chi connectivity index (χ1) is 26.2. The smallest absolute Gasteiger partial charge is 0.330 e. The highest BCUT2D eigenvalue weighted by Gasteiger charge is 2.08. The molecular weight excluding hydrogens is 694 g/mol. The second-order valence-corrected chi connectivity index (χ2v) is 11.0. The molecule has 0 aliphatic rings. The molecule has 0 aromatic heterocycles. The maximum atomic E-state index is 11.8.